The van der Waals surface area contributed by atoms with Gasteiger partial charge in [0.05, 0.1) is 5.52 Å². The molecule has 88 valence electrons. The maximum absolute atomic E-state index is 13.2. The first kappa shape index (κ1) is 10.6. The summed E-state index contributed by atoms with van der Waals surface area (Å²) in [4.78, 5) is 8.99. The molecule has 1 heterocycles. The molecular formula is C13H14FN3. The van der Waals surface area contributed by atoms with Crippen molar-refractivity contribution in [3.05, 3.63) is 35.5 Å². The molecule has 0 spiro atoms. The lowest BCUT2D eigenvalue weighted by molar-refractivity contribution is 0.627. The molecule has 1 fully saturated rings. The number of nitrogens with two attached hydrogens (primary N) is 1. The summed E-state index contributed by atoms with van der Waals surface area (Å²) in [5.41, 5.74) is 7.29. The van der Waals surface area contributed by atoms with Gasteiger partial charge in [0.15, 0.2) is 0 Å². The van der Waals surface area contributed by atoms with Crippen LogP contribution in [0.25, 0.3) is 10.9 Å². The van der Waals surface area contributed by atoms with Crippen LogP contribution in [0.3, 0.4) is 0 Å². The minimum atomic E-state index is -0.265. The largest absolute Gasteiger partial charge is 0.329 e. The highest BCUT2D eigenvalue weighted by atomic mass is 19.1. The standard InChI is InChI=1S/C13H14FN3/c1-8-10-3-2-9(14)6-11(10)17-12(16-8)13(7-15)4-5-13/h2-3,6H,4-5,7,15H2,1H3. The highest BCUT2D eigenvalue weighted by Gasteiger charge is 2.46. The van der Waals surface area contributed by atoms with Crippen molar-refractivity contribution in [2.75, 3.05) is 6.54 Å². The summed E-state index contributed by atoms with van der Waals surface area (Å²) < 4.78 is 13.2. The number of nitrogens with zero attached hydrogens (tertiary/aromatic N) is 2. The summed E-state index contributed by atoms with van der Waals surface area (Å²) >= 11 is 0. The summed E-state index contributed by atoms with van der Waals surface area (Å²) in [7, 11) is 0. The molecule has 2 aromatic rings. The zero-order valence-electron chi connectivity index (χ0n) is 9.70. The van der Waals surface area contributed by atoms with Crippen LogP contribution < -0.4 is 5.73 Å². The summed E-state index contributed by atoms with van der Waals surface area (Å²) in [5, 5.41) is 0.906. The van der Waals surface area contributed by atoms with Gasteiger partial charge in [0.1, 0.15) is 11.6 Å². The number of hydrogen-bond donors (Lipinski definition) is 1. The topological polar surface area (TPSA) is 51.8 Å². The second-order valence-electron chi connectivity index (χ2n) is 4.78. The minimum absolute atomic E-state index is 0.0503. The van der Waals surface area contributed by atoms with Gasteiger partial charge in [-0.05, 0) is 31.9 Å². The summed E-state index contributed by atoms with van der Waals surface area (Å²) in [5.74, 6) is 0.509. The molecule has 0 amide bonds. The minimum Gasteiger partial charge on any atom is -0.329 e. The van der Waals surface area contributed by atoms with Crippen LogP contribution in [0, 0.1) is 12.7 Å². The quantitative estimate of drug-likeness (QED) is 0.860. The molecule has 0 saturated heterocycles. The average Bonchev–Trinajstić information content (AvgIpc) is 3.09. The third-order valence-electron chi connectivity index (χ3n) is 3.57. The number of halogens is 1. The van der Waals surface area contributed by atoms with E-state index >= 15 is 0 Å². The molecule has 1 aliphatic rings. The molecule has 1 saturated carbocycles. The van der Waals surface area contributed by atoms with E-state index in [2.05, 4.69) is 9.97 Å². The summed E-state index contributed by atoms with van der Waals surface area (Å²) in [6.45, 7) is 2.49. The van der Waals surface area contributed by atoms with Gasteiger partial charge in [0, 0.05) is 29.1 Å². The lowest BCUT2D eigenvalue weighted by Crippen LogP contribution is -2.22. The monoisotopic (exact) mass is 231 g/mol. The maximum Gasteiger partial charge on any atom is 0.136 e. The summed E-state index contributed by atoms with van der Waals surface area (Å²) in [6.07, 6.45) is 2.06. The molecular weight excluding hydrogens is 217 g/mol. The van der Waals surface area contributed by atoms with Gasteiger partial charge < -0.3 is 5.73 Å². The van der Waals surface area contributed by atoms with Crippen molar-refractivity contribution in [3.8, 4) is 0 Å². The second-order valence-corrected chi connectivity index (χ2v) is 4.78. The van der Waals surface area contributed by atoms with E-state index < -0.39 is 0 Å². The zero-order valence-corrected chi connectivity index (χ0v) is 9.70. The van der Waals surface area contributed by atoms with Crippen molar-refractivity contribution in [2.24, 2.45) is 5.73 Å². The lowest BCUT2D eigenvalue weighted by atomic mass is 10.1. The van der Waals surface area contributed by atoms with Crippen LogP contribution in [0.15, 0.2) is 18.2 Å². The Hall–Kier alpha value is -1.55. The first-order valence-electron chi connectivity index (χ1n) is 5.79. The molecule has 0 bridgehead atoms. The highest BCUT2D eigenvalue weighted by molar-refractivity contribution is 5.80. The Balaban J connectivity index is 2.22. The second kappa shape index (κ2) is 3.47. The van der Waals surface area contributed by atoms with Crippen LogP contribution in [0.5, 0.6) is 0 Å². The number of rotatable bonds is 2. The molecule has 3 nitrogen and oxygen atoms in total. The van der Waals surface area contributed by atoms with Crippen LogP contribution in [0.2, 0.25) is 0 Å². The number of aromatic nitrogens is 2. The van der Waals surface area contributed by atoms with Gasteiger partial charge in [-0.3, -0.25) is 0 Å². The van der Waals surface area contributed by atoms with Crippen molar-refractivity contribution < 1.29 is 4.39 Å². The lowest BCUT2D eigenvalue weighted by Gasteiger charge is -2.12. The zero-order chi connectivity index (χ0) is 12.0. The van der Waals surface area contributed by atoms with Crippen molar-refractivity contribution in [3.63, 3.8) is 0 Å². The van der Waals surface area contributed by atoms with E-state index in [1.54, 1.807) is 6.07 Å². The van der Waals surface area contributed by atoms with Gasteiger partial charge in [-0.15, -0.1) is 0 Å². The number of hydrogen-bond acceptors (Lipinski definition) is 3. The van der Waals surface area contributed by atoms with Gasteiger partial charge >= 0.3 is 0 Å². The fourth-order valence-corrected chi connectivity index (χ4v) is 2.17. The van der Waals surface area contributed by atoms with Gasteiger partial charge in [0.2, 0.25) is 0 Å². The molecule has 0 atom stereocenters. The fraction of sp³-hybridized carbons (Fsp3) is 0.385. The van der Waals surface area contributed by atoms with Gasteiger partial charge in [-0.1, -0.05) is 0 Å². The molecule has 0 radical (unpaired) electrons. The first-order valence-corrected chi connectivity index (χ1v) is 5.79. The molecule has 1 aromatic carbocycles. The number of fused-ring (bicyclic) bond motifs is 1. The normalized spacial score (nSPS) is 17.4. The Morgan fingerprint density at radius 1 is 1.35 bits per heavy atom. The SMILES string of the molecule is Cc1nc(C2(CN)CC2)nc2cc(F)ccc12. The van der Waals surface area contributed by atoms with Crippen LogP contribution in [-0.4, -0.2) is 16.5 Å². The summed E-state index contributed by atoms with van der Waals surface area (Å²) in [6, 6.07) is 4.63. The number of aryl methyl sites for hydroxylation is 1. The third-order valence-corrected chi connectivity index (χ3v) is 3.57. The molecule has 1 aliphatic carbocycles. The number of benzene rings is 1. The van der Waals surface area contributed by atoms with E-state index in [0.29, 0.717) is 12.1 Å². The van der Waals surface area contributed by atoms with E-state index in [4.69, 9.17) is 5.73 Å². The molecule has 2 N–H and O–H groups in total. The van der Waals surface area contributed by atoms with Crippen LogP contribution in [-0.2, 0) is 5.41 Å². The van der Waals surface area contributed by atoms with E-state index in [-0.39, 0.29) is 11.2 Å². The highest BCUT2D eigenvalue weighted by Crippen LogP contribution is 2.45. The van der Waals surface area contributed by atoms with Crippen molar-refractivity contribution in [1.29, 1.82) is 0 Å². The van der Waals surface area contributed by atoms with E-state index in [1.165, 1.54) is 12.1 Å². The van der Waals surface area contributed by atoms with Crippen LogP contribution >= 0.6 is 0 Å². The molecule has 3 rings (SSSR count). The van der Waals surface area contributed by atoms with Gasteiger partial charge in [-0.25, -0.2) is 14.4 Å². The van der Waals surface area contributed by atoms with Crippen molar-refractivity contribution >= 4 is 10.9 Å². The van der Waals surface area contributed by atoms with Gasteiger partial charge in [-0.2, -0.15) is 0 Å². The Labute approximate surface area is 98.9 Å². The van der Waals surface area contributed by atoms with Crippen LogP contribution in [0.1, 0.15) is 24.4 Å². The average molecular weight is 231 g/mol. The van der Waals surface area contributed by atoms with Crippen molar-refractivity contribution in [1.82, 2.24) is 9.97 Å². The Bertz CT molecular complexity index is 590. The Kier molecular flexibility index (Phi) is 2.16. The third kappa shape index (κ3) is 1.60. The van der Waals surface area contributed by atoms with E-state index in [9.17, 15) is 4.39 Å². The van der Waals surface area contributed by atoms with Crippen LogP contribution in [0.4, 0.5) is 4.39 Å². The molecule has 0 unspecified atom stereocenters. The molecule has 0 aliphatic heterocycles. The smallest absolute Gasteiger partial charge is 0.136 e. The van der Waals surface area contributed by atoms with Gasteiger partial charge in [0.25, 0.3) is 0 Å². The Morgan fingerprint density at radius 3 is 2.76 bits per heavy atom. The molecule has 17 heavy (non-hydrogen) atoms. The molecule has 1 aromatic heterocycles. The van der Waals surface area contributed by atoms with E-state index in [1.807, 2.05) is 6.92 Å². The molecule has 4 heteroatoms. The maximum atomic E-state index is 13.2. The van der Waals surface area contributed by atoms with Crippen molar-refractivity contribution in [2.45, 2.75) is 25.2 Å². The Morgan fingerprint density at radius 2 is 2.12 bits per heavy atom. The predicted octanol–water partition coefficient (Wildman–Crippen LogP) is 2.07. The first-order chi connectivity index (χ1) is 8.14. The van der Waals surface area contributed by atoms with E-state index in [0.717, 1.165) is 29.7 Å². The fourth-order valence-electron chi connectivity index (χ4n) is 2.17. The predicted molar refractivity (Wildman–Crippen MR) is 64.2 cm³/mol.